The minimum atomic E-state index is -0.458. The summed E-state index contributed by atoms with van der Waals surface area (Å²) >= 11 is 1.54. The molecule has 2 saturated heterocycles. The second-order valence-electron chi connectivity index (χ2n) is 8.35. The van der Waals surface area contributed by atoms with Crippen molar-refractivity contribution in [2.45, 2.75) is 32.6 Å². The van der Waals surface area contributed by atoms with Crippen LogP contribution < -0.4 is 5.32 Å². The van der Waals surface area contributed by atoms with E-state index in [0.717, 1.165) is 44.3 Å². The summed E-state index contributed by atoms with van der Waals surface area (Å²) in [5, 5.41) is 6.69. The SMILES string of the molecule is CNC(=O)[C@@]12CCC3(CCN(C(=O)c4ccsc4)CC3)[C@@H]1CN(C(C)=O)C2. The van der Waals surface area contributed by atoms with Crippen LogP contribution in [0, 0.1) is 16.7 Å². The van der Waals surface area contributed by atoms with Gasteiger partial charge in [0.25, 0.3) is 5.91 Å². The summed E-state index contributed by atoms with van der Waals surface area (Å²) in [5.74, 6) is 0.420. The molecule has 1 aliphatic carbocycles. The number of thiophene rings is 1. The Bertz CT molecular complexity index is 755. The third kappa shape index (κ3) is 2.78. The average Bonchev–Trinajstić information content (AvgIpc) is 3.38. The van der Waals surface area contributed by atoms with Gasteiger partial charge in [0.15, 0.2) is 0 Å². The van der Waals surface area contributed by atoms with Crippen LogP contribution in [0.4, 0.5) is 0 Å². The van der Waals surface area contributed by atoms with Crippen molar-refractivity contribution < 1.29 is 14.4 Å². The first-order chi connectivity index (χ1) is 12.9. The van der Waals surface area contributed by atoms with E-state index in [-0.39, 0.29) is 29.1 Å². The van der Waals surface area contributed by atoms with E-state index in [9.17, 15) is 14.4 Å². The van der Waals surface area contributed by atoms with Crippen molar-refractivity contribution in [2.24, 2.45) is 16.7 Å². The van der Waals surface area contributed by atoms with E-state index in [0.29, 0.717) is 13.1 Å². The second kappa shape index (κ2) is 6.62. The van der Waals surface area contributed by atoms with E-state index in [4.69, 9.17) is 0 Å². The molecule has 6 nitrogen and oxygen atoms in total. The zero-order chi connectivity index (χ0) is 19.2. The van der Waals surface area contributed by atoms with Crippen molar-refractivity contribution in [2.75, 3.05) is 33.2 Å². The molecule has 3 aliphatic rings. The lowest BCUT2D eigenvalue weighted by Crippen LogP contribution is -2.49. The molecule has 3 amide bonds. The first kappa shape index (κ1) is 18.5. The molecule has 1 N–H and O–H groups in total. The van der Waals surface area contributed by atoms with Gasteiger partial charge in [-0.3, -0.25) is 14.4 Å². The number of amides is 3. The highest BCUT2D eigenvalue weighted by molar-refractivity contribution is 7.08. The molecule has 0 bridgehead atoms. The number of carbonyl (C=O) groups is 3. The molecule has 4 rings (SSSR count). The van der Waals surface area contributed by atoms with Crippen molar-refractivity contribution in [3.8, 4) is 0 Å². The third-order valence-electron chi connectivity index (χ3n) is 7.29. The molecule has 0 aromatic carbocycles. The number of likely N-dealkylation sites (tertiary alicyclic amines) is 2. The predicted molar refractivity (Wildman–Crippen MR) is 103 cm³/mol. The van der Waals surface area contributed by atoms with Crippen LogP contribution in [-0.4, -0.2) is 60.7 Å². The van der Waals surface area contributed by atoms with Crippen LogP contribution in [0.5, 0.6) is 0 Å². The summed E-state index contributed by atoms with van der Waals surface area (Å²) in [5.41, 5.74) is 0.368. The Morgan fingerprint density at radius 1 is 1.15 bits per heavy atom. The third-order valence-corrected chi connectivity index (χ3v) is 7.97. The standard InChI is InChI=1S/C20H27N3O3S/c1-14(24)23-11-16-19(4-5-20(16,13-23)18(26)21-2)6-8-22(9-7-19)17(25)15-3-10-27-12-15/h3,10,12,16H,4-9,11,13H2,1-2H3,(H,21,26)/t16-,20+/m0/s1. The Kier molecular flexibility index (Phi) is 4.53. The first-order valence-electron chi connectivity index (χ1n) is 9.71. The number of carbonyl (C=O) groups excluding carboxylic acids is 3. The minimum absolute atomic E-state index is 0.0490. The molecule has 1 spiro atoms. The molecule has 27 heavy (non-hydrogen) atoms. The van der Waals surface area contributed by atoms with Gasteiger partial charge in [-0.05, 0) is 48.5 Å². The van der Waals surface area contributed by atoms with Gasteiger partial charge < -0.3 is 15.1 Å². The molecule has 3 heterocycles. The summed E-state index contributed by atoms with van der Waals surface area (Å²) in [6.45, 7) is 4.25. The van der Waals surface area contributed by atoms with E-state index >= 15 is 0 Å². The monoisotopic (exact) mass is 389 g/mol. The van der Waals surface area contributed by atoms with Crippen molar-refractivity contribution in [3.05, 3.63) is 22.4 Å². The minimum Gasteiger partial charge on any atom is -0.359 e. The smallest absolute Gasteiger partial charge is 0.254 e. The molecule has 7 heteroatoms. The highest BCUT2D eigenvalue weighted by atomic mass is 32.1. The Hall–Kier alpha value is -1.89. The van der Waals surface area contributed by atoms with E-state index in [1.54, 1.807) is 25.3 Å². The van der Waals surface area contributed by atoms with Crippen molar-refractivity contribution in [1.29, 1.82) is 0 Å². The fourth-order valence-electron chi connectivity index (χ4n) is 5.74. The lowest BCUT2D eigenvalue weighted by atomic mass is 9.65. The number of hydrogen-bond donors (Lipinski definition) is 1. The largest absolute Gasteiger partial charge is 0.359 e. The molecular weight excluding hydrogens is 362 g/mol. The van der Waals surface area contributed by atoms with Gasteiger partial charge in [-0.15, -0.1) is 0 Å². The zero-order valence-corrected chi connectivity index (χ0v) is 16.8. The summed E-state index contributed by atoms with van der Waals surface area (Å²) in [6, 6.07) is 1.88. The van der Waals surface area contributed by atoms with E-state index in [2.05, 4.69) is 5.32 Å². The number of rotatable bonds is 2. The van der Waals surface area contributed by atoms with Crippen molar-refractivity contribution in [3.63, 3.8) is 0 Å². The molecule has 0 radical (unpaired) electrons. The molecule has 0 unspecified atom stereocenters. The summed E-state index contributed by atoms with van der Waals surface area (Å²) in [7, 11) is 1.69. The maximum Gasteiger partial charge on any atom is 0.254 e. The van der Waals surface area contributed by atoms with Crippen molar-refractivity contribution in [1.82, 2.24) is 15.1 Å². The predicted octanol–water partition coefficient (Wildman–Crippen LogP) is 1.97. The van der Waals surface area contributed by atoms with Crippen LogP contribution in [0.15, 0.2) is 16.8 Å². The van der Waals surface area contributed by atoms with Crippen molar-refractivity contribution >= 4 is 29.1 Å². The Balaban J connectivity index is 1.54. The topological polar surface area (TPSA) is 69.7 Å². The Morgan fingerprint density at radius 3 is 2.48 bits per heavy atom. The number of nitrogens with zero attached hydrogens (tertiary/aromatic N) is 2. The van der Waals surface area contributed by atoms with Crippen LogP contribution >= 0.6 is 11.3 Å². The highest BCUT2D eigenvalue weighted by Crippen LogP contribution is 2.62. The molecule has 3 fully saturated rings. The van der Waals surface area contributed by atoms with Gasteiger partial charge in [-0.1, -0.05) is 0 Å². The average molecular weight is 390 g/mol. The Morgan fingerprint density at radius 2 is 1.89 bits per heavy atom. The molecule has 1 aromatic rings. The van der Waals surface area contributed by atoms with E-state index in [1.807, 2.05) is 26.6 Å². The lowest BCUT2D eigenvalue weighted by Gasteiger charge is -2.44. The lowest BCUT2D eigenvalue weighted by molar-refractivity contribution is -0.133. The summed E-state index contributed by atoms with van der Waals surface area (Å²) in [4.78, 5) is 41.3. The first-order valence-corrected chi connectivity index (χ1v) is 10.7. The van der Waals surface area contributed by atoms with Gasteiger partial charge in [0.1, 0.15) is 0 Å². The van der Waals surface area contributed by atoms with E-state index < -0.39 is 5.41 Å². The van der Waals surface area contributed by atoms with Crippen LogP contribution in [0.2, 0.25) is 0 Å². The second-order valence-corrected chi connectivity index (χ2v) is 9.13. The van der Waals surface area contributed by atoms with Gasteiger partial charge >= 0.3 is 0 Å². The Labute approximate surface area is 163 Å². The van der Waals surface area contributed by atoms with Crippen LogP contribution in [0.3, 0.4) is 0 Å². The highest BCUT2D eigenvalue weighted by Gasteiger charge is 2.64. The van der Waals surface area contributed by atoms with Crippen LogP contribution in [0.25, 0.3) is 0 Å². The number of hydrogen-bond acceptors (Lipinski definition) is 4. The van der Waals surface area contributed by atoms with Gasteiger partial charge in [0.05, 0.1) is 11.0 Å². The maximum atomic E-state index is 12.8. The summed E-state index contributed by atoms with van der Waals surface area (Å²) in [6.07, 6.45) is 3.67. The van der Waals surface area contributed by atoms with Gasteiger partial charge in [0.2, 0.25) is 11.8 Å². The fourth-order valence-corrected chi connectivity index (χ4v) is 6.37. The molecule has 146 valence electrons. The molecular formula is C20H27N3O3S. The summed E-state index contributed by atoms with van der Waals surface area (Å²) < 4.78 is 0. The van der Waals surface area contributed by atoms with Crippen LogP contribution in [0.1, 0.15) is 43.0 Å². The quantitative estimate of drug-likeness (QED) is 0.841. The number of piperidine rings is 1. The van der Waals surface area contributed by atoms with Gasteiger partial charge in [-0.2, -0.15) is 11.3 Å². The fraction of sp³-hybridized carbons (Fsp3) is 0.650. The number of fused-ring (bicyclic) bond motifs is 2. The number of nitrogens with one attached hydrogen (secondary N) is 1. The normalized spacial score (nSPS) is 29.0. The molecule has 1 saturated carbocycles. The zero-order valence-electron chi connectivity index (χ0n) is 16.0. The molecule has 2 atom stereocenters. The molecule has 1 aromatic heterocycles. The molecule has 2 aliphatic heterocycles. The van der Waals surface area contributed by atoms with Crippen LogP contribution in [-0.2, 0) is 9.59 Å². The van der Waals surface area contributed by atoms with Gasteiger partial charge in [0, 0.05) is 45.5 Å². The maximum absolute atomic E-state index is 12.8. The van der Waals surface area contributed by atoms with E-state index in [1.165, 1.54) is 0 Å². The van der Waals surface area contributed by atoms with Gasteiger partial charge in [-0.25, -0.2) is 0 Å².